The fraction of sp³-hybridized carbons (Fsp3) is 0.812. The molecular formula is C16H27NO3. The summed E-state index contributed by atoms with van der Waals surface area (Å²) in [6, 6.07) is -0.123. The van der Waals surface area contributed by atoms with Crippen molar-refractivity contribution in [1.29, 1.82) is 0 Å². The van der Waals surface area contributed by atoms with Crippen molar-refractivity contribution in [2.24, 2.45) is 17.3 Å². The molecule has 2 atom stereocenters. The van der Waals surface area contributed by atoms with Crippen LogP contribution in [-0.4, -0.2) is 41.2 Å². The Morgan fingerprint density at radius 2 is 2.00 bits per heavy atom. The van der Waals surface area contributed by atoms with Crippen molar-refractivity contribution in [2.75, 3.05) is 13.1 Å². The molecule has 0 aliphatic carbocycles. The highest BCUT2D eigenvalue weighted by atomic mass is 16.5. The maximum Gasteiger partial charge on any atom is 0.317 e. The zero-order valence-corrected chi connectivity index (χ0v) is 13.2. The van der Waals surface area contributed by atoms with Gasteiger partial charge in [-0.15, -0.1) is 0 Å². The fourth-order valence-electron chi connectivity index (χ4n) is 3.20. The molecule has 1 saturated heterocycles. The molecule has 0 amide bonds. The number of nitrogens with zero attached hydrogens (tertiary/aromatic N) is 1. The molecule has 2 rings (SSSR count). The Balaban J connectivity index is 2.12. The minimum Gasteiger partial charge on any atom is -0.429 e. The molecule has 2 aliphatic heterocycles. The van der Waals surface area contributed by atoms with Crippen LogP contribution in [-0.2, 0) is 9.53 Å². The molecule has 4 nitrogen and oxygen atoms in total. The quantitative estimate of drug-likeness (QED) is 0.803. The zero-order chi connectivity index (χ0) is 15.1. The van der Waals surface area contributed by atoms with Gasteiger partial charge < -0.3 is 9.84 Å². The Labute approximate surface area is 121 Å². The number of fused-ring (bicyclic) bond motifs is 1. The monoisotopic (exact) mass is 281 g/mol. The predicted octanol–water partition coefficient (Wildman–Crippen LogP) is 2.18. The Morgan fingerprint density at radius 1 is 1.40 bits per heavy atom. The molecule has 20 heavy (non-hydrogen) atoms. The number of carbonyl (C=O) groups excluding carboxylic acids is 1. The van der Waals surface area contributed by atoms with Crippen molar-refractivity contribution < 1.29 is 14.6 Å². The van der Waals surface area contributed by atoms with Crippen LogP contribution in [0.2, 0.25) is 0 Å². The van der Waals surface area contributed by atoms with Crippen LogP contribution in [0.1, 0.15) is 41.0 Å². The Morgan fingerprint density at radius 3 is 2.55 bits per heavy atom. The molecule has 4 heteroatoms. The Kier molecular flexibility index (Phi) is 4.26. The summed E-state index contributed by atoms with van der Waals surface area (Å²) in [4.78, 5) is 14.8. The number of esters is 1. The standard InChI is InChI=1S/C16H27NO3/c1-10(2)16(5,11(3)4)15(19)20-13-7-9-17-8-6-12(18)14(13)17/h7,10-12,14,18H,6,8-9H2,1-5H3/t12-,14+/m1/s1. The van der Waals surface area contributed by atoms with Crippen LogP contribution in [0.5, 0.6) is 0 Å². The lowest BCUT2D eigenvalue weighted by molar-refractivity contribution is -0.157. The molecule has 0 aromatic heterocycles. The lowest BCUT2D eigenvalue weighted by Gasteiger charge is -2.35. The van der Waals surface area contributed by atoms with Crippen molar-refractivity contribution in [3.05, 3.63) is 11.8 Å². The molecule has 0 aromatic carbocycles. The average Bonchev–Trinajstić information content (AvgIpc) is 2.92. The summed E-state index contributed by atoms with van der Waals surface area (Å²) in [7, 11) is 0. The van der Waals surface area contributed by atoms with E-state index in [4.69, 9.17) is 4.74 Å². The highest BCUT2D eigenvalue weighted by Crippen LogP contribution is 2.39. The van der Waals surface area contributed by atoms with Crippen LogP contribution in [0.4, 0.5) is 0 Å². The largest absolute Gasteiger partial charge is 0.429 e. The van der Waals surface area contributed by atoms with Crippen molar-refractivity contribution in [3.8, 4) is 0 Å². The summed E-state index contributed by atoms with van der Waals surface area (Å²) in [6.45, 7) is 11.8. The van der Waals surface area contributed by atoms with E-state index in [1.807, 2.05) is 13.0 Å². The summed E-state index contributed by atoms with van der Waals surface area (Å²) >= 11 is 0. The van der Waals surface area contributed by atoms with E-state index in [9.17, 15) is 9.90 Å². The van der Waals surface area contributed by atoms with Crippen LogP contribution >= 0.6 is 0 Å². The molecular weight excluding hydrogens is 254 g/mol. The molecule has 0 aromatic rings. The number of aliphatic hydroxyl groups excluding tert-OH is 1. The lowest BCUT2D eigenvalue weighted by atomic mass is 9.70. The van der Waals surface area contributed by atoms with Crippen molar-refractivity contribution in [2.45, 2.75) is 53.2 Å². The molecule has 1 N–H and O–H groups in total. The second kappa shape index (κ2) is 5.49. The van der Waals surface area contributed by atoms with Gasteiger partial charge >= 0.3 is 5.97 Å². The van der Waals surface area contributed by atoms with Gasteiger partial charge in [0.05, 0.1) is 17.6 Å². The number of carbonyl (C=O) groups is 1. The number of hydrogen-bond donors (Lipinski definition) is 1. The first-order valence-corrected chi connectivity index (χ1v) is 7.63. The molecule has 0 bridgehead atoms. The van der Waals surface area contributed by atoms with Gasteiger partial charge in [-0.1, -0.05) is 27.7 Å². The van der Waals surface area contributed by atoms with E-state index >= 15 is 0 Å². The first-order valence-electron chi connectivity index (χ1n) is 7.63. The first-order chi connectivity index (χ1) is 9.28. The lowest BCUT2D eigenvalue weighted by Crippen LogP contribution is -2.41. The topological polar surface area (TPSA) is 49.8 Å². The van der Waals surface area contributed by atoms with Crippen molar-refractivity contribution in [1.82, 2.24) is 4.90 Å². The maximum absolute atomic E-state index is 12.6. The second-order valence-corrected chi connectivity index (χ2v) is 6.88. The van der Waals surface area contributed by atoms with Crippen molar-refractivity contribution in [3.63, 3.8) is 0 Å². The first kappa shape index (κ1) is 15.5. The maximum atomic E-state index is 12.6. The fourth-order valence-corrected chi connectivity index (χ4v) is 3.20. The molecule has 0 saturated carbocycles. The van der Waals surface area contributed by atoms with E-state index in [1.165, 1.54) is 0 Å². The minimum atomic E-state index is -0.502. The van der Waals surface area contributed by atoms with Gasteiger partial charge in [-0.3, -0.25) is 9.69 Å². The van der Waals surface area contributed by atoms with E-state index in [1.54, 1.807) is 0 Å². The van der Waals surface area contributed by atoms with Crippen LogP contribution in [0.15, 0.2) is 11.8 Å². The third kappa shape index (κ3) is 2.40. The number of aliphatic hydroxyl groups is 1. The summed E-state index contributed by atoms with van der Waals surface area (Å²) < 4.78 is 5.70. The van der Waals surface area contributed by atoms with Gasteiger partial charge in [0.15, 0.2) is 0 Å². The Hall–Kier alpha value is -0.870. The average molecular weight is 281 g/mol. The third-order valence-electron chi connectivity index (χ3n) is 5.34. The summed E-state index contributed by atoms with van der Waals surface area (Å²) in [5, 5.41) is 10.0. The molecule has 1 fully saturated rings. The number of rotatable bonds is 4. The van der Waals surface area contributed by atoms with Crippen LogP contribution in [0.3, 0.4) is 0 Å². The van der Waals surface area contributed by atoms with Gasteiger partial charge in [0.25, 0.3) is 0 Å². The SMILES string of the molecule is CC(C)C(C)(C(=O)OC1=CCN2CC[C@@H](O)[C@@H]12)C(C)C. The van der Waals surface area contributed by atoms with Gasteiger partial charge in [-0.05, 0) is 31.3 Å². The minimum absolute atomic E-state index is 0.123. The second-order valence-electron chi connectivity index (χ2n) is 6.88. The molecule has 0 radical (unpaired) electrons. The highest BCUT2D eigenvalue weighted by molar-refractivity contribution is 5.78. The van der Waals surface area contributed by atoms with E-state index in [0.29, 0.717) is 5.76 Å². The molecule has 2 aliphatic rings. The highest BCUT2D eigenvalue weighted by Gasteiger charge is 2.45. The van der Waals surface area contributed by atoms with E-state index in [0.717, 1.165) is 19.5 Å². The Bertz CT molecular complexity index is 406. The van der Waals surface area contributed by atoms with Gasteiger partial charge in [-0.25, -0.2) is 0 Å². The van der Waals surface area contributed by atoms with E-state index in [2.05, 4.69) is 32.6 Å². The van der Waals surface area contributed by atoms with E-state index < -0.39 is 11.5 Å². The predicted molar refractivity (Wildman–Crippen MR) is 77.9 cm³/mol. The molecule has 114 valence electrons. The zero-order valence-electron chi connectivity index (χ0n) is 13.2. The summed E-state index contributed by atoms with van der Waals surface area (Å²) in [5.74, 6) is 0.894. The van der Waals surface area contributed by atoms with Crippen LogP contribution < -0.4 is 0 Å². The molecule has 0 unspecified atom stereocenters. The molecule has 2 heterocycles. The van der Waals surface area contributed by atoms with E-state index in [-0.39, 0.29) is 23.8 Å². The van der Waals surface area contributed by atoms with Crippen LogP contribution in [0, 0.1) is 17.3 Å². The van der Waals surface area contributed by atoms with Gasteiger partial charge in [0.1, 0.15) is 5.76 Å². The van der Waals surface area contributed by atoms with Gasteiger partial charge in [-0.2, -0.15) is 0 Å². The normalized spacial score (nSPS) is 27.1. The number of hydrogen-bond acceptors (Lipinski definition) is 4. The summed E-state index contributed by atoms with van der Waals surface area (Å²) in [6.07, 6.45) is 2.28. The van der Waals surface area contributed by atoms with Gasteiger partial charge in [0, 0.05) is 13.1 Å². The van der Waals surface area contributed by atoms with Gasteiger partial charge in [0.2, 0.25) is 0 Å². The molecule has 0 spiro atoms. The van der Waals surface area contributed by atoms with Crippen molar-refractivity contribution >= 4 is 5.97 Å². The van der Waals surface area contributed by atoms with Crippen LogP contribution in [0.25, 0.3) is 0 Å². The third-order valence-corrected chi connectivity index (χ3v) is 5.34. The number of ether oxygens (including phenoxy) is 1. The summed E-state index contributed by atoms with van der Waals surface area (Å²) in [5.41, 5.74) is -0.502. The smallest absolute Gasteiger partial charge is 0.317 e.